The second-order valence-electron chi connectivity index (χ2n) is 9.20. The van der Waals surface area contributed by atoms with Crippen LogP contribution in [0.5, 0.6) is 5.75 Å². The Kier molecular flexibility index (Phi) is 11.9. The van der Waals surface area contributed by atoms with Crippen molar-refractivity contribution in [2.45, 2.75) is 65.0 Å². The van der Waals surface area contributed by atoms with Crippen LogP contribution in [-0.4, -0.2) is 63.7 Å². The molecule has 2 atom stereocenters. The Labute approximate surface area is 222 Å². The van der Waals surface area contributed by atoms with Crippen LogP contribution in [0.2, 0.25) is 0 Å². The van der Waals surface area contributed by atoms with Gasteiger partial charge in [0.15, 0.2) is 0 Å². The van der Waals surface area contributed by atoms with E-state index in [0.717, 1.165) is 18.2 Å². The first-order chi connectivity index (χ1) is 17.6. The molecule has 8 nitrogen and oxygen atoms in total. The van der Waals surface area contributed by atoms with Gasteiger partial charge in [0.1, 0.15) is 11.8 Å². The highest BCUT2D eigenvalue weighted by Gasteiger charge is 2.29. The number of benzene rings is 2. The second kappa shape index (κ2) is 14.6. The molecule has 1 N–H and O–H groups in total. The van der Waals surface area contributed by atoms with E-state index in [9.17, 15) is 18.0 Å². The third-order valence-corrected chi connectivity index (χ3v) is 7.56. The van der Waals surface area contributed by atoms with E-state index in [1.807, 2.05) is 51.1 Å². The molecule has 0 saturated heterocycles. The first-order valence-corrected chi connectivity index (χ1v) is 14.7. The first kappa shape index (κ1) is 30.2. The number of carbonyl (C=O) groups is 2. The summed E-state index contributed by atoms with van der Waals surface area (Å²) in [5.74, 6) is 0.223. The topological polar surface area (TPSA) is 96.0 Å². The number of rotatable bonds is 15. The molecule has 0 unspecified atom stereocenters. The van der Waals surface area contributed by atoms with E-state index in [1.165, 1.54) is 11.4 Å². The van der Waals surface area contributed by atoms with E-state index >= 15 is 0 Å². The third kappa shape index (κ3) is 9.39. The molecule has 0 aliphatic carbocycles. The van der Waals surface area contributed by atoms with E-state index in [-0.39, 0.29) is 30.8 Å². The number of nitrogens with one attached hydrogen (secondary N) is 1. The molecule has 2 aromatic carbocycles. The Morgan fingerprint density at radius 2 is 1.70 bits per heavy atom. The van der Waals surface area contributed by atoms with E-state index in [4.69, 9.17) is 4.74 Å². The number of nitrogens with zero attached hydrogens (tertiary/aromatic N) is 2. The van der Waals surface area contributed by atoms with Crippen LogP contribution in [0.3, 0.4) is 0 Å². The minimum Gasteiger partial charge on any atom is -0.497 e. The van der Waals surface area contributed by atoms with Crippen LogP contribution in [0.4, 0.5) is 5.69 Å². The van der Waals surface area contributed by atoms with Gasteiger partial charge in [0.2, 0.25) is 21.8 Å². The van der Waals surface area contributed by atoms with Gasteiger partial charge in [0, 0.05) is 31.6 Å². The Hall–Kier alpha value is -3.07. The number of methoxy groups -OCH3 is 1. The van der Waals surface area contributed by atoms with Crippen molar-refractivity contribution in [3.05, 3.63) is 60.2 Å². The van der Waals surface area contributed by atoms with E-state index in [2.05, 4.69) is 5.32 Å². The van der Waals surface area contributed by atoms with E-state index in [1.54, 1.807) is 29.2 Å². The van der Waals surface area contributed by atoms with E-state index < -0.39 is 16.1 Å². The summed E-state index contributed by atoms with van der Waals surface area (Å²) in [7, 11) is -2.05. The molecule has 0 spiro atoms. The van der Waals surface area contributed by atoms with Crippen LogP contribution in [0.1, 0.15) is 52.0 Å². The minimum absolute atomic E-state index is 0.0128. The van der Waals surface area contributed by atoms with Gasteiger partial charge in [-0.05, 0) is 50.3 Å². The Morgan fingerprint density at radius 1 is 1.00 bits per heavy atom. The van der Waals surface area contributed by atoms with Crippen molar-refractivity contribution in [1.29, 1.82) is 0 Å². The zero-order valence-corrected chi connectivity index (χ0v) is 23.5. The Balaban J connectivity index is 2.17. The van der Waals surface area contributed by atoms with Crippen LogP contribution >= 0.6 is 0 Å². The van der Waals surface area contributed by atoms with Gasteiger partial charge >= 0.3 is 0 Å². The van der Waals surface area contributed by atoms with Crippen LogP contribution in [0, 0.1) is 0 Å². The summed E-state index contributed by atoms with van der Waals surface area (Å²) in [5, 5.41) is 3.01. The van der Waals surface area contributed by atoms with Gasteiger partial charge in [-0.2, -0.15) is 0 Å². The Bertz CT molecular complexity index is 1110. The highest BCUT2D eigenvalue weighted by Crippen LogP contribution is 2.24. The van der Waals surface area contributed by atoms with Crippen molar-refractivity contribution < 1.29 is 22.7 Å². The molecule has 0 saturated carbocycles. The molecule has 9 heteroatoms. The van der Waals surface area contributed by atoms with Crippen LogP contribution in [-0.2, 0) is 26.0 Å². The van der Waals surface area contributed by atoms with Gasteiger partial charge in [-0.15, -0.1) is 0 Å². The lowest BCUT2D eigenvalue weighted by atomic mass is 10.1. The highest BCUT2D eigenvalue weighted by atomic mass is 32.2. The standard InChI is InChI=1S/C28H41N3O5S/c1-6-22(3)29-28(33)26(7-2)30(20-18-23-13-9-8-10-14-23)27(32)17-12-19-31(37(5,34)35)24-15-11-16-25(21-24)36-4/h8-11,13-16,21-22,26H,6-7,12,17-20H2,1-5H3,(H,29,33)/t22-,26+/m1/s1. The molecular weight excluding hydrogens is 490 g/mol. The molecule has 2 rings (SSSR count). The number of sulfonamides is 1. The van der Waals surface area contributed by atoms with Gasteiger partial charge in [-0.3, -0.25) is 13.9 Å². The summed E-state index contributed by atoms with van der Waals surface area (Å²) in [6.07, 6.45) is 3.49. The largest absolute Gasteiger partial charge is 0.497 e. The maximum absolute atomic E-state index is 13.5. The fourth-order valence-electron chi connectivity index (χ4n) is 4.11. The van der Waals surface area contributed by atoms with Crippen molar-refractivity contribution in [3.63, 3.8) is 0 Å². The van der Waals surface area contributed by atoms with Gasteiger partial charge < -0.3 is 15.0 Å². The summed E-state index contributed by atoms with van der Waals surface area (Å²) < 4.78 is 31.5. The van der Waals surface area contributed by atoms with Gasteiger partial charge in [-0.25, -0.2) is 8.42 Å². The predicted molar refractivity (Wildman–Crippen MR) is 148 cm³/mol. The molecule has 2 amide bonds. The zero-order chi connectivity index (χ0) is 27.4. The SMILES string of the molecule is CC[C@@H](C)NC(=O)[C@H](CC)N(CCc1ccccc1)C(=O)CCCN(c1cccc(OC)c1)S(C)(=O)=O. The number of ether oxygens (including phenoxy) is 1. The third-order valence-electron chi connectivity index (χ3n) is 6.36. The lowest BCUT2D eigenvalue weighted by molar-refractivity contribution is -0.141. The lowest BCUT2D eigenvalue weighted by Crippen LogP contribution is -2.51. The fraction of sp³-hybridized carbons (Fsp3) is 0.500. The number of hydrogen-bond acceptors (Lipinski definition) is 5. The summed E-state index contributed by atoms with van der Waals surface area (Å²) >= 11 is 0. The smallest absolute Gasteiger partial charge is 0.243 e. The molecule has 0 bridgehead atoms. The molecule has 0 fully saturated rings. The molecule has 0 aliphatic rings. The maximum atomic E-state index is 13.5. The second-order valence-corrected chi connectivity index (χ2v) is 11.1. The molecular formula is C28H41N3O5S. The molecule has 0 aliphatic heterocycles. The number of amides is 2. The summed E-state index contributed by atoms with van der Waals surface area (Å²) in [5.41, 5.74) is 1.56. The first-order valence-electron chi connectivity index (χ1n) is 12.9. The molecule has 0 aromatic heterocycles. The van der Waals surface area contributed by atoms with Crippen LogP contribution < -0.4 is 14.4 Å². The van der Waals surface area contributed by atoms with Crippen molar-refractivity contribution >= 4 is 27.5 Å². The van der Waals surface area contributed by atoms with Crippen molar-refractivity contribution in [3.8, 4) is 5.75 Å². The lowest BCUT2D eigenvalue weighted by Gasteiger charge is -2.32. The predicted octanol–water partition coefficient (Wildman–Crippen LogP) is 4.01. The fourth-order valence-corrected chi connectivity index (χ4v) is 5.06. The van der Waals surface area contributed by atoms with Crippen molar-refractivity contribution in [1.82, 2.24) is 10.2 Å². The average Bonchev–Trinajstić information content (AvgIpc) is 2.88. The molecule has 204 valence electrons. The molecule has 0 radical (unpaired) electrons. The number of anilines is 1. The van der Waals surface area contributed by atoms with Crippen molar-refractivity contribution in [2.75, 3.05) is 30.8 Å². The average molecular weight is 532 g/mol. The van der Waals surface area contributed by atoms with Gasteiger partial charge in [-0.1, -0.05) is 50.2 Å². The van der Waals surface area contributed by atoms with Crippen LogP contribution in [0.25, 0.3) is 0 Å². The summed E-state index contributed by atoms with van der Waals surface area (Å²) in [6, 6.07) is 16.1. The highest BCUT2D eigenvalue weighted by molar-refractivity contribution is 7.92. The van der Waals surface area contributed by atoms with Crippen LogP contribution in [0.15, 0.2) is 54.6 Å². The summed E-state index contributed by atoms with van der Waals surface area (Å²) in [6.45, 7) is 6.39. The number of carbonyl (C=O) groups excluding carboxylic acids is 2. The normalized spacial score (nSPS) is 12.9. The number of hydrogen-bond donors (Lipinski definition) is 1. The van der Waals surface area contributed by atoms with Crippen molar-refractivity contribution in [2.24, 2.45) is 0 Å². The van der Waals surface area contributed by atoms with Gasteiger partial charge in [0.05, 0.1) is 19.1 Å². The van der Waals surface area contributed by atoms with Gasteiger partial charge in [0.25, 0.3) is 0 Å². The maximum Gasteiger partial charge on any atom is 0.243 e. The molecule has 37 heavy (non-hydrogen) atoms. The molecule has 0 heterocycles. The monoisotopic (exact) mass is 531 g/mol. The molecule has 2 aromatic rings. The quantitative estimate of drug-likeness (QED) is 0.375. The Morgan fingerprint density at radius 3 is 2.30 bits per heavy atom. The summed E-state index contributed by atoms with van der Waals surface area (Å²) in [4.78, 5) is 28.2. The van der Waals surface area contributed by atoms with E-state index in [0.29, 0.717) is 37.2 Å². The minimum atomic E-state index is -3.57. The zero-order valence-electron chi connectivity index (χ0n) is 22.6.